The van der Waals surface area contributed by atoms with Gasteiger partial charge in [0.25, 0.3) is 0 Å². The molecule has 8 heteroatoms. The van der Waals surface area contributed by atoms with Crippen LogP contribution in [0, 0.1) is 0 Å². The standard InChI is InChI=1S/C20H31N5O2S/c1-6-27-18-12-15(9-10-17(18)26-5)8-7-11-22-19(21-2)23-13-16-14-28-20(24-16)25(3)4/h9-10,12,14H,6-8,11,13H2,1-5H3,(H2,21,22,23). The Kier molecular flexibility index (Phi) is 8.87. The van der Waals surface area contributed by atoms with E-state index in [0.717, 1.165) is 47.7 Å². The highest BCUT2D eigenvalue weighted by Gasteiger charge is 2.06. The largest absolute Gasteiger partial charge is 0.493 e. The molecule has 0 saturated heterocycles. The molecule has 0 radical (unpaired) electrons. The van der Waals surface area contributed by atoms with Crippen molar-refractivity contribution in [2.24, 2.45) is 4.99 Å². The van der Waals surface area contributed by atoms with Crippen molar-refractivity contribution in [3.8, 4) is 11.5 Å². The second kappa shape index (κ2) is 11.4. The summed E-state index contributed by atoms with van der Waals surface area (Å²) in [7, 11) is 7.43. The van der Waals surface area contributed by atoms with Crippen LogP contribution in [0.25, 0.3) is 0 Å². The number of nitrogens with zero attached hydrogens (tertiary/aromatic N) is 3. The molecule has 0 aliphatic rings. The molecule has 0 saturated carbocycles. The van der Waals surface area contributed by atoms with Crippen LogP contribution in [0.1, 0.15) is 24.6 Å². The summed E-state index contributed by atoms with van der Waals surface area (Å²) in [5, 5.41) is 9.73. The number of methoxy groups -OCH3 is 1. The fraction of sp³-hybridized carbons (Fsp3) is 0.500. The molecule has 0 aliphatic heterocycles. The van der Waals surface area contributed by atoms with Gasteiger partial charge in [0, 0.05) is 33.1 Å². The van der Waals surface area contributed by atoms with Crippen LogP contribution in [0.3, 0.4) is 0 Å². The van der Waals surface area contributed by atoms with E-state index in [1.807, 2.05) is 32.0 Å². The van der Waals surface area contributed by atoms with Crippen molar-refractivity contribution in [3.63, 3.8) is 0 Å². The quantitative estimate of drug-likeness (QED) is 0.360. The minimum absolute atomic E-state index is 0.623. The molecule has 0 aliphatic carbocycles. The van der Waals surface area contributed by atoms with Gasteiger partial charge in [0.05, 0.1) is 26.0 Å². The zero-order valence-electron chi connectivity index (χ0n) is 17.4. The maximum atomic E-state index is 5.64. The topological polar surface area (TPSA) is 71.0 Å². The Morgan fingerprint density at radius 2 is 2.07 bits per heavy atom. The Hall–Kier alpha value is -2.48. The van der Waals surface area contributed by atoms with E-state index in [1.54, 1.807) is 25.5 Å². The first-order valence-corrected chi connectivity index (χ1v) is 10.3. The predicted octanol–water partition coefficient (Wildman–Crippen LogP) is 2.91. The van der Waals surface area contributed by atoms with E-state index in [1.165, 1.54) is 5.56 Å². The number of hydrogen-bond acceptors (Lipinski definition) is 6. The molecule has 0 spiro atoms. The number of ether oxygens (including phenoxy) is 2. The zero-order chi connectivity index (χ0) is 20.4. The molecule has 0 bridgehead atoms. The van der Waals surface area contributed by atoms with Crippen molar-refractivity contribution in [2.45, 2.75) is 26.3 Å². The Bertz CT molecular complexity index is 761. The maximum Gasteiger partial charge on any atom is 0.191 e. The summed E-state index contributed by atoms with van der Waals surface area (Å²) in [4.78, 5) is 10.9. The Labute approximate surface area is 171 Å². The van der Waals surface area contributed by atoms with Gasteiger partial charge in [-0.05, 0) is 37.5 Å². The molecule has 1 heterocycles. The number of guanidine groups is 1. The third-order valence-corrected chi connectivity index (χ3v) is 5.10. The van der Waals surface area contributed by atoms with Gasteiger partial charge < -0.3 is 25.0 Å². The minimum Gasteiger partial charge on any atom is -0.493 e. The number of benzene rings is 1. The summed E-state index contributed by atoms with van der Waals surface area (Å²) < 4.78 is 11.0. The van der Waals surface area contributed by atoms with Crippen LogP contribution in [0.2, 0.25) is 0 Å². The lowest BCUT2D eigenvalue weighted by atomic mass is 10.1. The van der Waals surface area contributed by atoms with Crippen molar-refractivity contribution >= 4 is 22.4 Å². The maximum absolute atomic E-state index is 5.64. The second-order valence-corrected chi connectivity index (χ2v) is 7.23. The first-order valence-electron chi connectivity index (χ1n) is 9.43. The summed E-state index contributed by atoms with van der Waals surface area (Å²) in [6, 6.07) is 6.10. The van der Waals surface area contributed by atoms with Crippen molar-refractivity contribution in [3.05, 3.63) is 34.8 Å². The Morgan fingerprint density at radius 1 is 1.25 bits per heavy atom. The molecular formula is C20H31N5O2S. The van der Waals surface area contributed by atoms with Crippen LogP contribution < -0.4 is 25.0 Å². The molecule has 0 amide bonds. The Balaban J connectivity index is 1.76. The van der Waals surface area contributed by atoms with Crippen LogP contribution in [0.4, 0.5) is 5.13 Å². The molecule has 0 atom stereocenters. The average Bonchev–Trinajstić information content (AvgIpc) is 3.17. The summed E-state index contributed by atoms with van der Waals surface area (Å²) >= 11 is 1.64. The number of aryl methyl sites for hydroxylation is 1. The van der Waals surface area contributed by atoms with Crippen LogP contribution in [0.5, 0.6) is 11.5 Å². The molecular weight excluding hydrogens is 374 g/mol. The van der Waals surface area contributed by atoms with Gasteiger partial charge in [-0.1, -0.05) is 6.07 Å². The fourth-order valence-corrected chi connectivity index (χ4v) is 3.38. The third-order valence-electron chi connectivity index (χ3n) is 4.05. The summed E-state index contributed by atoms with van der Waals surface area (Å²) in [6.07, 6.45) is 1.94. The van der Waals surface area contributed by atoms with Gasteiger partial charge in [-0.25, -0.2) is 4.98 Å². The van der Waals surface area contributed by atoms with Crippen LogP contribution in [-0.4, -0.2) is 52.3 Å². The van der Waals surface area contributed by atoms with Crippen LogP contribution in [0.15, 0.2) is 28.6 Å². The molecule has 2 N–H and O–H groups in total. The number of hydrogen-bond donors (Lipinski definition) is 2. The lowest BCUT2D eigenvalue weighted by molar-refractivity contribution is 0.310. The summed E-state index contributed by atoms with van der Waals surface area (Å²) in [5.74, 6) is 2.35. The van der Waals surface area contributed by atoms with Gasteiger partial charge in [-0.3, -0.25) is 4.99 Å². The number of nitrogens with one attached hydrogen (secondary N) is 2. The molecule has 154 valence electrons. The van der Waals surface area contributed by atoms with Gasteiger partial charge >= 0.3 is 0 Å². The van der Waals surface area contributed by atoms with E-state index < -0.39 is 0 Å². The van der Waals surface area contributed by atoms with Gasteiger partial charge in [-0.2, -0.15) is 0 Å². The minimum atomic E-state index is 0.623. The summed E-state index contributed by atoms with van der Waals surface area (Å²) in [5.41, 5.74) is 2.24. The zero-order valence-corrected chi connectivity index (χ0v) is 18.2. The molecule has 0 fully saturated rings. The van der Waals surface area contributed by atoms with Gasteiger partial charge in [0.2, 0.25) is 0 Å². The highest BCUT2D eigenvalue weighted by atomic mass is 32.1. The van der Waals surface area contributed by atoms with Gasteiger partial charge in [0.15, 0.2) is 22.6 Å². The lowest BCUT2D eigenvalue weighted by Crippen LogP contribution is -2.37. The molecule has 1 aromatic heterocycles. The van der Waals surface area contributed by atoms with Crippen molar-refractivity contribution in [2.75, 3.05) is 46.3 Å². The number of anilines is 1. The molecule has 28 heavy (non-hydrogen) atoms. The van der Waals surface area contributed by atoms with Crippen molar-refractivity contribution < 1.29 is 9.47 Å². The van der Waals surface area contributed by atoms with Crippen LogP contribution >= 0.6 is 11.3 Å². The molecule has 7 nitrogen and oxygen atoms in total. The SMILES string of the molecule is CCOc1cc(CCCNC(=NC)NCc2csc(N(C)C)n2)ccc1OC. The van der Waals surface area contributed by atoms with E-state index in [9.17, 15) is 0 Å². The van der Waals surface area contributed by atoms with E-state index in [-0.39, 0.29) is 0 Å². The van der Waals surface area contributed by atoms with E-state index in [4.69, 9.17) is 9.47 Å². The molecule has 2 aromatic rings. The third kappa shape index (κ3) is 6.60. The van der Waals surface area contributed by atoms with E-state index in [0.29, 0.717) is 13.2 Å². The highest BCUT2D eigenvalue weighted by molar-refractivity contribution is 7.13. The van der Waals surface area contributed by atoms with Gasteiger partial charge in [0.1, 0.15) is 0 Å². The number of thiazole rings is 1. The van der Waals surface area contributed by atoms with Crippen molar-refractivity contribution in [1.82, 2.24) is 15.6 Å². The van der Waals surface area contributed by atoms with Crippen molar-refractivity contribution in [1.29, 1.82) is 0 Å². The number of rotatable bonds is 10. The second-order valence-electron chi connectivity index (χ2n) is 6.39. The number of aromatic nitrogens is 1. The fourth-order valence-electron chi connectivity index (χ4n) is 2.62. The smallest absolute Gasteiger partial charge is 0.191 e. The molecule has 2 rings (SSSR count). The first kappa shape index (κ1) is 21.8. The monoisotopic (exact) mass is 405 g/mol. The molecule has 0 unspecified atom stereocenters. The highest BCUT2D eigenvalue weighted by Crippen LogP contribution is 2.28. The normalized spacial score (nSPS) is 11.2. The van der Waals surface area contributed by atoms with Crippen LogP contribution in [-0.2, 0) is 13.0 Å². The Morgan fingerprint density at radius 3 is 2.71 bits per heavy atom. The van der Waals surface area contributed by atoms with Gasteiger partial charge in [-0.15, -0.1) is 11.3 Å². The summed E-state index contributed by atoms with van der Waals surface area (Å²) in [6.45, 7) is 4.08. The van der Waals surface area contributed by atoms with E-state index >= 15 is 0 Å². The van der Waals surface area contributed by atoms with E-state index in [2.05, 4.69) is 38.1 Å². The number of aliphatic imine (C=N–C) groups is 1. The first-order chi connectivity index (χ1) is 13.6. The lowest BCUT2D eigenvalue weighted by Gasteiger charge is -2.12. The predicted molar refractivity (Wildman–Crippen MR) is 117 cm³/mol. The average molecular weight is 406 g/mol. The molecule has 1 aromatic carbocycles.